The second-order valence-corrected chi connectivity index (χ2v) is 5.58. The monoisotopic (exact) mass is 284 g/mol. The number of hydrogen-bond donors (Lipinski definition) is 3. The summed E-state index contributed by atoms with van der Waals surface area (Å²) < 4.78 is 29.6. The summed E-state index contributed by atoms with van der Waals surface area (Å²) in [6, 6.07) is 0. The van der Waals surface area contributed by atoms with Gasteiger partial charge in [-0.1, -0.05) is 0 Å². The molecule has 0 unspecified atom stereocenters. The molecule has 1 fully saturated rings. The Labute approximate surface area is 109 Å². The Hall–Kier alpha value is -0.250. The molecule has 0 amide bonds. The van der Waals surface area contributed by atoms with Crippen LogP contribution in [-0.2, 0) is 10.1 Å². The van der Waals surface area contributed by atoms with Gasteiger partial charge in [0.2, 0.25) is 0 Å². The number of rotatable bonds is 5. The van der Waals surface area contributed by atoms with Crippen molar-refractivity contribution in [2.24, 2.45) is 0 Å². The summed E-state index contributed by atoms with van der Waals surface area (Å²) >= 11 is 0. The molecular formula is C10H24N2O5S. The zero-order chi connectivity index (χ0) is 14.0. The highest BCUT2D eigenvalue weighted by Crippen LogP contribution is 2.01. The summed E-state index contributed by atoms with van der Waals surface area (Å²) in [7, 11) is -3.84. The first-order valence-corrected chi connectivity index (χ1v) is 7.65. The number of piperazine rings is 1. The molecule has 0 aromatic carbocycles. The summed E-state index contributed by atoms with van der Waals surface area (Å²) in [5, 5.41) is 16.3. The Morgan fingerprint density at radius 3 is 1.72 bits per heavy atom. The molecule has 0 bridgehead atoms. The van der Waals surface area contributed by atoms with Gasteiger partial charge in [0.25, 0.3) is 10.1 Å². The van der Waals surface area contributed by atoms with Gasteiger partial charge in [0.15, 0.2) is 0 Å². The fourth-order valence-electron chi connectivity index (χ4n) is 1.62. The van der Waals surface area contributed by atoms with Gasteiger partial charge in [0.1, 0.15) is 0 Å². The van der Waals surface area contributed by atoms with Crippen LogP contribution in [0.5, 0.6) is 0 Å². The van der Waals surface area contributed by atoms with Crippen molar-refractivity contribution >= 4 is 10.1 Å². The fourth-order valence-corrected chi connectivity index (χ4v) is 2.11. The molecule has 110 valence electrons. The molecule has 0 radical (unpaired) electrons. The minimum absolute atomic E-state index is 0.158. The Kier molecular flexibility index (Phi) is 9.52. The summed E-state index contributed by atoms with van der Waals surface area (Å²) in [5.41, 5.74) is 0. The van der Waals surface area contributed by atoms with Gasteiger partial charge in [-0.25, -0.2) is 0 Å². The van der Waals surface area contributed by atoms with Crippen LogP contribution in [0.15, 0.2) is 0 Å². The van der Waals surface area contributed by atoms with Crippen molar-refractivity contribution in [2.45, 2.75) is 6.92 Å². The molecule has 1 heterocycles. The summed E-state index contributed by atoms with van der Waals surface area (Å²) in [4.78, 5) is 4.13. The second kappa shape index (κ2) is 9.65. The maximum absolute atomic E-state index is 10.5. The summed E-state index contributed by atoms with van der Waals surface area (Å²) in [6.45, 7) is 6.39. The molecule has 0 aromatic heterocycles. The molecule has 1 saturated heterocycles. The van der Waals surface area contributed by atoms with Crippen LogP contribution >= 0.6 is 0 Å². The molecule has 7 nitrogen and oxygen atoms in total. The quantitative estimate of drug-likeness (QED) is 0.527. The van der Waals surface area contributed by atoms with Gasteiger partial charge in [0.05, 0.1) is 12.4 Å². The number of hydrogen-bond acceptors (Lipinski definition) is 6. The maximum atomic E-state index is 10.5. The highest BCUT2D eigenvalue weighted by Gasteiger charge is 2.17. The highest BCUT2D eigenvalue weighted by atomic mass is 32.2. The molecule has 0 saturated carbocycles. The van der Waals surface area contributed by atoms with Crippen molar-refractivity contribution < 1.29 is 23.2 Å². The molecule has 0 aliphatic carbocycles. The number of β-amino-alcohol motifs (C(OH)–C–C–N with tert-alkyl or cyclic N) is 1. The van der Waals surface area contributed by atoms with E-state index in [0.717, 1.165) is 26.2 Å². The lowest BCUT2D eigenvalue weighted by Crippen LogP contribution is -2.48. The Balaban J connectivity index is 0.000000873. The molecular weight excluding hydrogens is 260 g/mol. The van der Waals surface area contributed by atoms with Gasteiger partial charge in [-0.05, 0) is 6.92 Å². The number of nitrogens with zero attached hydrogens (tertiary/aromatic N) is 2. The Morgan fingerprint density at radius 1 is 1.00 bits per heavy atom. The van der Waals surface area contributed by atoms with Crippen LogP contribution in [0.25, 0.3) is 0 Å². The van der Waals surface area contributed by atoms with E-state index in [-0.39, 0.29) is 19.0 Å². The van der Waals surface area contributed by atoms with Gasteiger partial charge in [-0.15, -0.1) is 0 Å². The third-order valence-electron chi connectivity index (χ3n) is 2.55. The molecule has 0 aromatic rings. The minimum Gasteiger partial charge on any atom is -0.397 e. The van der Waals surface area contributed by atoms with Crippen molar-refractivity contribution in [2.75, 3.05) is 58.2 Å². The molecule has 1 rings (SSSR count). The van der Waals surface area contributed by atoms with Crippen molar-refractivity contribution in [3.63, 3.8) is 0 Å². The van der Waals surface area contributed by atoms with Crippen LogP contribution in [0.2, 0.25) is 0 Å². The normalized spacial score (nSPS) is 18.2. The molecule has 0 atom stereocenters. The van der Waals surface area contributed by atoms with Crippen molar-refractivity contribution in [3.05, 3.63) is 0 Å². The van der Waals surface area contributed by atoms with Gasteiger partial charge in [-0.2, -0.15) is 8.42 Å². The third kappa shape index (κ3) is 9.75. The van der Waals surface area contributed by atoms with Crippen LogP contribution in [-0.4, -0.2) is 91.2 Å². The van der Waals surface area contributed by atoms with Crippen LogP contribution in [0.3, 0.4) is 0 Å². The molecule has 1 aliphatic rings. The SMILES string of the molecule is CCO.O=S(=O)(O)CCN1CCN(CCO)CC1. The van der Waals surface area contributed by atoms with Crippen molar-refractivity contribution in [1.29, 1.82) is 0 Å². The number of aliphatic hydroxyl groups is 2. The van der Waals surface area contributed by atoms with E-state index in [1.54, 1.807) is 6.92 Å². The van der Waals surface area contributed by atoms with Crippen LogP contribution in [0.4, 0.5) is 0 Å². The van der Waals surface area contributed by atoms with Crippen molar-refractivity contribution in [3.8, 4) is 0 Å². The second-order valence-electron chi connectivity index (χ2n) is 4.01. The van der Waals surface area contributed by atoms with E-state index in [9.17, 15) is 8.42 Å². The largest absolute Gasteiger partial charge is 0.397 e. The standard InChI is InChI=1S/C8H18N2O4S.C2H6O/c11-7-5-9-1-3-10(4-2-9)6-8-15(12,13)14;1-2-3/h11H,1-8H2,(H,12,13,14);3H,2H2,1H3. The van der Waals surface area contributed by atoms with E-state index in [1.165, 1.54) is 0 Å². The Bertz CT molecular complexity index is 289. The van der Waals surface area contributed by atoms with E-state index in [4.69, 9.17) is 14.8 Å². The first kappa shape index (κ1) is 17.8. The fraction of sp³-hybridized carbons (Fsp3) is 1.00. The van der Waals surface area contributed by atoms with Crippen LogP contribution in [0, 0.1) is 0 Å². The van der Waals surface area contributed by atoms with Crippen LogP contribution < -0.4 is 0 Å². The first-order chi connectivity index (χ1) is 8.42. The molecule has 0 spiro atoms. The van der Waals surface area contributed by atoms with Gasteiger partial charge >= 0.3 is 0 Å². The number of aliphatic hydroxyl groups excluding tert-OH is 2. The van der Waals surface area contributed by atoms with Gasteiger partial charge in [-0.3, -0.25) is 14.4 Å². The van der Waals surface area contributed by atoms with Crippen molar-refractivity contribution in [1.82, 2.24) is 9.80 Å². The molecule has 1 aliphatic heterocycles. The third-order valence-corrected chi connectivity index (χ3v) is 3.25. The first-order valence-electron chi connectivity index (χ1n) is 6.04. The molecule has 18 heavy (non-hydrogen) atoms. The topological polar surface area (TPSA) is 101 Å². The smallest absolute Gasteiger partial charge is 0.266 e. The highest BCUT2D eigenvalue weighted by molar-refractivity contribution is 7.85. The summed E-state index contributed by atoms with van der Waals surface area (Å²) in [6.07, 6.45) is 0. The zero-order valence-electron chi connectivity index (χ0n) is 10.8. The van der Waals surface area contributed by atoms with Crippen LogP contribution in [0.1, 0.15) is 6.92 Å². The lowest BCUT2D eigenvalue weighted by molar-refractivity contribution is 0.116. The van der Waals surface area contributed by atoms with Gasteiger partial charge < -0.3 is 10.2 Å². The maximum Gasteiger partial charge on any atom is 0.266 e. The zero-order valence-corrected chi connectivity index (χ0v) is 11.6. The average molecular weight is 284 g/mol. The molecule has 3 N–H and O–H groups in total. The van der Waals surface area contributed by atoms with E-state index in [0.29, 0.717) is 13.1 Å². The minimum atomic E-state index is -3.84. The average Bonchev–Trinajstić information content (AvgIpc) is 2.29. The van der Waals surface area contributed by atoms with E-state index in [1.807, 2.05) is 4.90 Å². The predicted octanol–water partition coefficient (Wildman–Crippen LogP) is -1.52. The predicted molar refractivity (Wildman–Crippen MR) is 69.1 cm³/mol. The molecule has 8 heteroatoms. The lowest BCUT2D eigenvalue weighted by Gasteiger charge is -2.33. The van der Waals surface area contributed by atoms with Gasteiger partial charge in [0, 0.05) is 45.9 Å². The summed E-state index contributed by atoms with van der Waals surface area (Å²) in [5.74, 6) is -0.201. The van der Waals surface area contributed by atoms with E-state index >= 15 is 0 Å². The lowest BCUT2D eigenvalue weighted by atomic mass is 10.3. The van der Waals surface area contributed by atoms with E-state index in [2.05, 4.69) is 4.90 Å². The van der Waals surface area contributed by atoms with E-state index < -0.39 is 10.1 Å². The Morgan fingerprint density at radius 2 is 1.39 bits per heavy atom.